The van der Waals surface area contributed by atoms with E-state index in [9.17, 15) is 8.42 Å². The van der Waals surface area contributed by atoms with Crippen molar-refractivity contribution >= 4 is 26.8 Å². The van der Waals surface area contributed by atoms with Crippen LogP contribution in [-0.2, 0) is 9.84 Å². The lowest BCUT2D eigenvalue weighted by Crippen LogP contribution is -2.14. The van der Waals surface area contributed by atoms with Crippen molar-refractivity contribution in [1.29, 1.82) is 5.41 Å². The van der Waals surface area contributed by atoms with Crippen LogP contribution in [-0.4, -0.2) is 30.8 Å². The molecule has 0 aliphatic heterocycles. The van der Waals surface area contributed by atoms with Crippen LogP contribution in [0.4, 0.5) is 0 Å². The van der Waals surface area contributed by atoms with Crippen LogP contribution in [0.2, 0.25) is 0 Å². The lowest BCUT2D eigenvalue weighted by atomic mass is 10.6. The standard InChI is InChI=1S/C6H14N2O2S2/c1-2-4-12(9,10)5-3-11-6(7)8/h2-5H2,1H3,(H3,7,8). The lowest BCUT2D eigenvalue weighted by Gasteiger charge is -2.00. The summed E-state index contributed by atoms with van der Waals surface area (Å²) in [5.41, 5.74) is 5.05. The Kier molecular flexibility index (Phi) is 5.32. The van der Waals surface area contributed by atoms with Crippen LogP contribution in [0.25, 0.3) is 0 Å². The Hall–Kier alpha value is -0.230. The Morgan fingerprint density at radius 3 is 2.50 bits per heavy atom. The molecule has 0 fully saturated rings. The molecule has 0 atom stereocenters. The highest BCUT2D eigenvalue weighted by Crippen LogP contribution is 2.01. The van der Waals surface area contributed by atoms with Gasteiger partial charge < -0.3 is 5.73 Å². The van der Waals surface area contributed by atoms with Crippen LogP contribution in [0.5, 0.6) is 0 Å². The van der Waals surface area contributed by atoms with Gasteiger partial charge in [-0.2, -0.15) is 0 Å². The fraction of sp³-hybridized carbons (Fsp3) is 0.833. The average molecular weight is 210 g/mol. The van der Waals surface area contributed by atoms with Gasteiger partial charge >= 0.3 is 0 Å². The van der Waals surface area contributed by atoms with Gasteiger partial charge in [-0.25, -0.2) is 8.42 Å². The molecule has 72 valence electrons. The van der Waals surface area contributed by atoms with E-state index in [0.717, 1.165) is 11.8 Å². The number of hydrogen-bond acceptors (Lipinski definition) is 4. The highest BCUT2D eigenvalue weighted by atomic mass is 32.2. The molecule has 0 amide bonds. The average Bonchev–Trinajstić information content (AvgIpc) is 1.85. The molecule has 0 unspecified atom stereocenters. The van der Waals surface area contributed by atoms with Gasteiger partial charge in [-0.1, -0.05) is 18.7 Å². The summed E-state index contributed by atoms with van der Waals surface area (Å²) in [4.78, 5) is 0. The molecule has 0 spiro atoms. The molecule has 0 radical (unpaired) electrons. The number of rotatable bonds is 5. The second-order valence-corrected chi connectivity index (χ2v) is 5.80. The van der Waals surface area contributed by atoms with E-state index in [-0.39, 0.29) is 16.7 Å². The van der Waals surface area contributed by atoms with Crippen molar-refractivity contribution < 1.29 is 8.42 Å². The first kappa shape index (κ1) is 11.8. The Morgan fingerprint density at radius 1 is 1.50 bits per heavy atom. The summed E-state index contributed by atoms with van der Waals surface area (Å²) in [6, 6.07) is 0. The molecule has 4 nitrogen and oxygen atoms in total. The van der Waals surface area contributed by atoms with Gasteiger partial charge in [0.1, 0.15) is 0 Å². The molecule has 0 bridgehead atoms. The molecular weight excluding hydrogens is 196 g/mol. The Bertz CT molecular complexity index is 236. The predicted molar refractivity (Wildman–Crippen MR) is 53.3 cm³/mol. The Labute approximate surface area is 77.3 Å². The van der Waals surface area contributed by atoms with Crippen LogP contribution in [0.15, 0.2) is 0 Å². The van der Waals surface area contributed by atoms with E-state index in [2.05, 4.69) is 0 Å². The van der Waals surface area contributed by atoms with Crippen LogP contribution >= 0.6 is 11.8 Å². The number of nitrogens with one attached hydrogen (secondary N) is 1. The second kappa shape index (κ2) is 5.42. The minimum atomic E-state index is -2.90. The molecular formula is C6H14N2O2S2. The van der Waals surface area contributed by atoms with Gasteiger partial charge in [0.05, 0.1) is 5.75 Å². The van der Waals surface area contributed by atoms with Gasteiger partial charge in [-0.05, 0) is 6.42 Å². The van der Waals surface area contributed by atoms with E-state index in [0.29, 0.717) is 12.2 Å². The van der Waals surface area contributed by atoms with Crippen molar-refractivity contribution in [2.75, 3.05) is 17.3 Å². The maximum absolute atomic E-state index is 11.1. The SMILES string of the molecule is CCCS(=O)(=O)CCSC(=N)N. The summed E-state index contributed by atoms with van der Waals surface area (Å²) < 4.78 is 22.2. The third kappa shape index (κ3) is 6.48. The van der Waals surface area contributed by atoms with E-state index in [1.54, 1.807) is 0 Å². The van der Waals surface area contributed by atoms with Crippen LogP contribution in [0.1, 0.15) is 13.3 Å². The zero-order valence-corrected chi connectivity index (χ0v) is 8.67. The van der Waals surface area contributed by atoms with E-state index < -0.39 is 9.84 Å². The molecule has 0 aliphatic rings. The van der Waals surface area contributed by atoms with Crippen molar-refractivity contribution in [3.8, 4) is 0 Å². The van der Waals surface area contributed by atoms with Crippen LogP contribution in [0, 0.1) is 5.41 Å². The maximum Gasteiger partial charge on any atom is 0.151 e. The van der Waals surface area contributed by atoms with E-state index >= 15 is 0 Å². The number of nitrogens with two attached hydrogens (primary N) is 1. The summed E-state index contributed by atoms with van der Waals surface area (Å²) in [5.74, 6) is 0.730. The van der Waals surface area contributed by atoms with Gasteiger partial charge in [-0.15, -0.1) is 0 Å². The molecule has 6 heteroatoms. The zero-order valence-electron chi connectivity index (χ0n) is 7.04. The monoisotopic (exact) mass is 210 g/mol. The first-order valence-electron chi connectivity index (χ1n) is 3.65. The topological polar surface area (TPSA) is 84.0 Å². The number of thioether (sulfide) groups is 1. The van der Waals surface area contributed by atoms with Crippen molar-refractivity contribution in [2.45, 2.75) is 13.3 Å². The fourth-order valence-electron chi connectivity index (χ4n) is 0.692. The van der Waals surface area contributed by atoms with Gasteiger partial charge in [0.25, 0.3) is 0 Å². The van der Waals surface area contributed by atoms with Gasteiger partial charge in [0.15, 0.2) is 15.0 Å². The summed E-state index contributed by atoms with van der Waals surface area (Å²) >= 11 is 1.07. The number of hydrogen-bond donors (Lipinski definition) is 2. The van der Waals surface area contributed by atoms with Crippen molar-refractivity contribution in [3.63, 3.8) is 0 Å². The molecule has 3 N–H and O–H groups in total. The first-order chi connectivity index (χ1) is 5.48. The van der Waals surface area contributed by atoms with Crippen LogP contribution < -0.4 is 5.73 Å². The van der Waals surface area contributed by atoms with E-state index in [4.69, 9.17) is 11.1 Å². The fourth-order valence-corrected chi connectivity index (χ4v) is 3.09. The molecule has 0 aromatic heterocycles. The second-order valence-electron chi connectivity index (χ2n) is 2.36. The highest BCUT2D eigenvalue weighted by Gasteiger charge is 2.08. The third-order valence-electron chi connectivity index (χ3n) is 1.17. The molecule has 0 saturated heterocycles. The normalized spacial score (nSPS) is 11.4. The van der Waals surface area contributed by atoms with E-state index in [1.165, 1.54) is 0 Å². The summed E-state index contributed by atoms with van der Waals surface area (Å²) in [5, 5.41) is 6.82. The molecule has 12 heavy (non-hydrogen) atoms. The third-order valence-corrected chi connectivity index (χ3v) is 4.00. The minimum absolute atomic E-state index is 0.0262. The van der Waals surface area contributed by atoms with Crippen LogP contribution in [0.3, 0.4) is 0 Å². The molecule has 0 saturated carbocycles. The molecule has 0 aliphatic carbocycles. The summed E-state index contributed by atoms with van der Waals surface area (Å²) in [6.45, 7) is 1.83. The predicted octanol–water partition coefficient (Wildman–Crippen LogP) is 0.438. The molecule has 0 heterocycles. The quantitative estimate of drug-likeness (QED) is 0.509. The lowest BCUT2D eigenvalue weighted by molar-refractivity contribution is 0.596. The number of amidine groups is 1. The highest BCUT2D eigenvalue weighted by molar-refractivity contribution is 8.14. The summed E-state index contributed by atoms with van der Waals surface area (Å²) in [7, 11) is -2.90. The Morgan fingerprint density at radius 2 is 2.08 bits per heavy atom. The largest absolute Gasteiger partial charge is 0.379 e. The van der Waals surface area contributed by atoms with Gasteiger partial charge in [-0.3, -0.25) is 5.41 Å². The van der Waals surface area contributed by atoms with E-state index in [1.807, 2.05) is 6.92 Å². The van der Waals surface area contributed by atoms with Gasteiger partial charge in [0.2, 0.25) is 0 Å². The molecule has 0 rings (SSSR count). The maximum atomic E-state index is 11.1. The Balaban J connectivity index is 3.69. The smallest absolute Gasteiger partial charge is 0.151 e. The molecule has 0 aromatic carbocycles. The van der Waals surface area contributed by atoms with Crippen molar-refractivity contribution in [3.05, 3.63) is 0 Å². The van der Waals surface area contributed by atoms with Gasteiger partial charge in [0, 0.05) is 11.5 Å². The van der Waals surface area contributed by atoms with Crippen molar-refractivity contribution in [2.24, 2.45) is 5.73 Å². The minimum Gasteiger partial charge on any atom is -0.379 e. The first-order valence-corrected chi connectivity index (χ1v) is 6.46. The van der Waals surface area contributed by atoms with Crippen molar-refractivity contribution in [1.82, 2.24) is 0 Å². The number of sulfone groups is 1. The zero-order chi connectivity index (χ0) is 9.61. The molecule has 0 aromatic rings. The summed E-state index contributed by atoms with van der Waals surface area (Å²) in [6.07, 6.45) is 0.646.